The Hall–Kier alpha value is -3.40. The lowest BCUT2D eigenvalue weighted by atomic mass is 10.2. The van der Waals surface area contributed by atoms with Crippen LogP contribution in [0.4, 0.5) is 5.69 Å². The molecule has 0 spiro atoms. The molecule has 0 saturated heterocycles. The van der Waals surface area contributed by atoms with E-state index in [0.29, 0.717) is 19.0 Å². The van der Waals surface area contributed by atoms with Crippen LogP contribution >= 0.6 is 0 Å². The number of benzene rings is 1. The highest BCUT2D eigenvalue weighted by Crippen LogP contribution is 2.25. The molecule has 1 N–H and O–H groups in total. The van der Waals surface area contributed by atoms with Crippen LogP contribution < -0.4 is 15.0 Å². The third-order valence-electron chi connectivity index (χ3n) is 5.29. The maximum absolute atomic E-state index is 12.7. The van der Waals surface area contributed by atoms with Gasteiger partial charge in [-0.1, -0.05) is 24.3 Å². The SMILES string of the molecule is N#CCCN(C(=O)CCC(=O)NCc1cccnc1OC1CCCC1)c1ccccc1. The molecule has 1 saturated carbocycles. The minimum atomic E-state index is -0.211. The number of anilines is 1. The number of carbonyl (C=O) groups is 2. The number of ether oxygens (including phenoxy) is 1. The van der Waals surface area contributed by atoms with Gasteiger partial charge in [-0.25, -0.2) is 4.98 Å². The third kappa shape index (κ3) is 6.82. The second-order valence-electron chi connectivity index (χ2n) is 7.56. The molecule has 0 unspecified atom stereocenters. The third-order valence-corrected chi connectivity index (χ3v) is 5.29. The van der Waals surface area contributed by atoms with Crippen molar-refractivity contribution in [3.05, 3.63) is 54.2 Å². The Bertz CT molecular complexity index is 905. The zero-order valence-electron chi connectivity index (χ0n) is 17.6. The van der Waals surface area contributed by atoms with Gasteiger partial charge in [0.2, 0.25) is 17.7 Å². The Morgan fingerprint density at radius 3 is 2.65 bits per heavy atom. The molecule has 1 heterocycles. The van der Waals surface area contributed by atoms with Gasteiger partial charge in [-0.05, 0) is 43.9 Å². The second-order valence-corrected chi connectivity index (χ2v) is 7.56. The lowest BCUT2D eigenvalue weighted by molar-refractivity contribution is -0.125. The van der Waals surface area contributed by atoms with Crippen molar-refractivity contribution in [3.8, 4) is 11.9 Å². The number of nitriles is 1. The average molecular weight is 421 g/mol. The summed E-state index contributed by atoms with van der Waals surface area (Å²) in [7, 11) is 0. The van der Waals surface area contributed by atoms with Crippen LogP contribution in [0.5, 0.6) is 5.88 Å². The van der Waals surface area contributed by atoms with Gasteiger partial charge in [0.1, 0.15) is 6.10 Å². The molecule has 2 aromatic rings. The van der Waals surface area contributed by atoms with E-state index >= 15 is 0 Å². The van der Waals surface area contributed by atoms with Crippen molar-refractivity contribution in [3.63, 3.8) is 0 Å². The predicted octanol–water partition coefficient (Wildman–Crippen LogP) is 3.75. The molecule has 162 valence electrons. The molecule has 1 aliphatic rings. The summed E-state index contributed by atoms with van der Waals surface area (Å²) in [6, 6.07) is 15.0. The summed E-state index contributed by atoms with van der Waals surface area (Å²) in [4.78, 5) is 30.9. The van der Waals surface area contributed by atoms with Crippen LogP contribution in [0.15, 0.2) is 48.7 Å². The molecule has 0 aliphatic heterocycles. The number of rotatable bonds is 10. The van der Waals surface area contributed by atoms with Gasteiger partial charge in [-0.15, -0.1) is 0 Å². The molecule has 7 nitrogen and oxygen atoms in total. The smallest absolute Gasteiger partial charge is 0.227 e. The minimum absolute atomic E-state index is 0.0740. The molecule has 1 aliphatic carbocycles. The van der Waals surface area contributed by atoms with E-state index in [-0.39, 0.29) is 37.2 Å². The molecule has 0 radical (unpaired) electrons. The van der Waals surface area contributed by atoms with Gasteiger partial charge in [-0.2, -0.15) is 5.26 Å². The van der Waals surface area contributed by atoms with E-state index in [2.05, 4.69) is 16.4 Å². The number of hydrogen-bond donors (Lipinski definition) is 1. The van der Waals surface area contributed by atoms with Crippen molar-refractivity contribution in [2.45, 2.75) is 57.6 Å². The number of nitrogens with one attached hydrogen (secondary N) is 1. The highest BCUT2D eigenvalue weighted by molar-refractivity contribution is 5.95. The number of carbonyl (C=O) groups excluding carboxylic acids is 2. The van der Waals surface area contributed by atoms with Crippen LogP contribution in [0.25, 0.3) is 0 Å². The topological polar surface area (TPSA) is 95.3 Å². The predicted molar refractivity (Wildman–Crippen MR) is 117 cm³/mol. The Labute approximate surface area is 183 Å². The molecule has 1 aromatic heterocycles. The molecular formula is C24H28N4O3. The van der Waals surface area contributed by atoms with Gasteiger partial charge < -0.3 is 15.0 Å². The monoisotopic (exact) mass is 420 g/mol. The number of para-hydroxylation sites is 1. The first kappa shape index (κ1) is 22.3. The lowest BCUT2D eigenvalue weighted by Crippen LogP contribution is -2.33. The molecule has 1 fully saturated rings. The van der Waals surface area contributed by atoms with Gasteiger partial charge in [0.15, 0.2) is 0 Å². The Morgan fingerprint density at radius 2 is 1.90 bits per heavy atom. The average Bonchev–Trinajstić information content (AvgIpc) is 3.31. The van der Waals surface area contributed by atoms with Crippen LogP contribution in [0.3, 0.4) is 0 Å². The zero-order valence-corrected chi connectivity index (χ0v) is 17.6. The highest BCUT2D eigenvalue weighted by atomic mass is 16.5. The first-order valence-electron chi connectivity index (χ1n) is 10.8. The number of pyridine rings is 1. The van der Waals surface area contributed by atoms with Crippen molar-refractivity contribution in [1.29, 1.82) is 5.26 Å². The number of amides is 2. The number of hydrogen-bond acceptors (Lipinski definition) is 5. The zero-order chi connectivity index (χ0) is 21.9. The summed E-state index contributed by atoms with van der Waals surface area (Å²) in [5.74, 6) is 0.179. The molecule has 0 bridgehead atoms. The van der Waals surface area contributed by atoms with Crippen molar-refractivity contribution >= 4 is 17.5 Å². The van der Waals surface area contributed by atoms with Crippen molar-refractivity contribution in [1.82, 2.24) is 10.3 Å². The number of nitrogens with zero attached hydrogens (tertiary/aromatic N) is 3. The fourth-order valence-corrected chi connectivity index (χ4v) is 3.63. The maximum Gasteiger partial charge on any atom is 0.227 e. The quantitative estimate of drug-likeness (QED) is 0.632. The molecule has 7 heteroatoms. The van der Waals surface area contributed by atoms with Crippen LogP contribution in [0, 0.1) is 11.3 Å². The summed E-state index contributed by atoms with van der Waals surface area (Å²) in [5, 5.41) is 11.7. The molecule has 3 rings (SSSR count). The minimum Gasteiger partial charge on any atom is -0.474 e. The maximum atomic E-state index is 12.7. The summed E-state index contributed by atoms with van der Waals surface area (Å²) in [5.41, 5.74) is 1.56. The van der Waals surface area contributed by atoms with Gasteiger partial charge in [0, 0.05) is 43.4 Å². The van der Waals surface area contributed by atoms with Crippen LogP contribution in [-0.4, -0.2) is 29.4 Å². The summed E-state index contributed by atoms with van der Waals surface area (Å²) < 4.78 is 6.01. The highest BCUT2D eigenvalue weighted by Gasteiger charge is 2.19. The van der Waals surface area contributed by atoms with Gasteiger partial charge in [-0.3, -0.25) is 9.59 Å². The van der Waals surface area contributed by atoms with E-state index in [4.69, 9.17) is 10.00 Å². The molecule has 1 aromatic carbocycles. The summed E-state index contributed by atoms with van der Waals surface area (Å²) in [6.07, 6.45) is 6.68. The standard InChI is InChI=1S/C24H28N4O3/c25-15-7-17-28(20-9-2-1-3-10-20)23(30)14-13-22(29)27-18-19-8-6-16-26-24(19)31-21-11-4-5-12-21/h1-3,6,8-10,16,21H,4-5,7,11-14,17-18H2,(H,27,29). The Morgan fingerprint density at radius 1 is 1.13 bits per heavy atom. The normalized spacial score (nSPS) is 13.4. The van der Waals surface area contributed by atoms with Crippen molar-refractivity contribution in [2.24, 2.45) is 0 Å². The van der Waals surface area contributed by atoms with Gasteiger partial charge in [0.05, 0.1) is 12.5 Å². The van der Waals surface area contributed by atoms with Gasteiger partial charge in [0.25, 0.3) is 0 Å². The number of aromatic nitrogens is 1. The van der Waals surface area contributed by atoms with E-state index in [1.165, 1.54) is 12.8 Å². The molecule has 31 heavy (non-hydrogen) atoms. The molecular weight excluding hydrogens is 392 g/mol. The van der Waals surface area contributed by atoms with E-state index in [0.717, 1.165) is 24.1 Å². The first-order valence-corrected chi connectivity index (χ1v) is 10.8. The fraction of sp³-hybridized carbons (Fsp3) is 0.417. The summed E-state index contributed by atoms with van der Waals surface area (Å²) >= 11 is 0. The summed E-state index contributed by atoms with van der Waals surface area (Å²) in [6.45, 7) is 0.609. The van der Waals surface area contributed by atoms with E-state index in [1.807, 2.05) is 42.5 Å². The van der Waals surface area contributed by atoms with Crippen LogP contribution in [0.2, 0.25) is 0 Å². The second kappa shape index (κ2) is 11.7. The lowest BCUT2D eigenvalue weighted by Gasteiger charge is -2.21. The van der Waals surface area contributed by atoms with Crippen molar-refractivity contribution < 1.29 is 14.3 Å². The van der Waals surface area contributed by atoms with Gasteiger partial charge >= 0.3 is 0 Å². The van der Waals surface area contributed by atoms with E-state index in [1.54, 1.807) is 11.1 Å². The molecule has 0 atom stereocenters. The molecule has 2 amide bonds. The fourth-order valence-electron chi connectivity index (χ4n) is 3.63. The van der Waals surface area contributed by atoms with E-state index < -0.39 is 0 Å². The Kier molecular flexibility index (Phi) is 8.41. The van der Waals surface area contributed by atoms with Crippen LogP contribution in [-0.2, 0) is 16.1 Å². The van der Waals surface area contributed by atoms with Crippen LogP contribution in [0.1, 0.15) is 50.5 Å². The van der Waals surface area contributed by atoms with E-state index in [9.17, 15) is 9.59 Å². The van der Waals surface area contributed by atoms with Crippen molar-refractivity contribution in [2.75, 3.05) is 11.4 Å². The first-order chi connectivity index (χ1) is 15.2. The Balaban J connectivity index is 1.50. The largest absolute Gasteiger partial charge is 0.474 e.